The first kappa shape index (κ1) is 29.6. The van der Waals surface area contributed by atoms with Crippen LogP contribution in [0.1, 0.15) is 56.0 Å². The Balaban J connectivity index is 1.93. The molecule has 4 rings (SSSR count). The maximum absolute atomic E-state index is 13.2. The molecule has 1 N–H and O–H groups in total. The molecule has 216 valence electrons. The highest BCUT2D eigenvalue weighted by molar-refractivity contribution is 5.77. The third-order valence-electron chi connectivity index (χ3n) is 6.65. The molecule has 1 heterocycles. The minimum atomic E-state index is -0.702. The fourth-order valence-electron chi connectivity index (χ4n) is 4.75. The van der Waals surface area contributed by atoms with Gasteiger partial charge in [-0.1, -0.05) is 71.8 Å². The summed E-state index contributed by atoms with van der Waals surface area (Å²) in [7, 11) is 0. The molecule has 1 atom stereocenters. The number of ether oxygens (including phenoxy) is 2. The van der Waals surface area contributed by atoms with Crippen LogP contribution in [0.25, 0.3) is 11.0 Å². The fourth-order valence-corrected chi connectivity index (χ4v) is 4.75. The Bertz CT molecular complexity index is 1560. The first-order valence-corrected chi connectivity index (χ1v) is 14.0. The van der Waals surface area contributed by atoms with Crippen LogP contribution >= 0.6 is 0 Å². The first-order valence-electron chi connectivity index (χ1n) is 14.0. The zero-order valence-corrected chi connectivity index (χ0v) is 24.8. The van der Waals surface area contributed by atoms with Crippen LogP contribution in [-0.2, 0) is 22.4 Å². The molecule has 41 heavy (non-hydrogen) atoms. The molecule has 0 radical (unpaired) electrons. The first-order chi connectivity index (χ1) is 19.5. The lowest BCUT2D eigenvalue weighted by molar-refractivity contribution is 0.0593. The van der Waals surface area contributed by atoms with Crippen molar-refractivity contribution < 1.29 is 19.1 Å². The number of aromatic nitrogens is 2. The number of aryl methyl sites for hydroxylation is 2. The molecular formula is C33H40N4O4. The molecule has 8 nitrogen and oxygen atoms in total. The van der Waals surface area contributed by atoms with Crippen molar-refractivity contribution in [3.8, 4) is 0 Å². The molecule has 4 aromatic rings. The lowest BCUT2D eigenvalue weighted by atomic mass is 10.0. The molecule has 0 aliphatic carbocycles. The lowest BCUT2D eigenvalue weighted by Crippen LogP contribution is -2.38. The van der Waals surface area contributed by atoms with Gasteiger partial charge in [-0.15, -0.1) is 4.99 Å². The Kier molecular flexibility index (Phi) is 9.32. The molecule has 0 fully saturated rings. The topological polar surface area (TPSA) is 86.8 Å². The maximum Gasteiger partial charge on any atom is 0.437 e. The number of nitrogens with zero attached hydrogens (tertiary/aromatic N) is 3. The lowest BCUT2D eigenvalue weighted by Gasteiger charge is -2.21. The van der Waals surface area contributed by atoms with Gasteiger partial charge in [-0.2, -0.15) is 0 Å². The Hall–Kier alpha value is -4.33. The van der Waals surface area contributed by atoms with Gasteiger partial charge in [0.2, 0.25) is 5.62 Å². The average Bonchev–Trinajstić information content (AvgIpc) is 3.20. The van der Waals surface area contributed by atoms with Crippen molar-refractivity contribution in [2.24, 2.45) is 4.99 Å². The average molecular weight is 557 g/mol. The van der Waals surface area contributed by atoms with Gasteiger partial charge >= 0.3 is 12.2 Å². The van der Waals surface area contributed by atoms with Crippen molar-refractivity contribution in [1.29, 1.82) is 0 Å². The molecule has 0 aliphatic rings. The van der Waals surface area contributed by atoms with Crippen LogP contribution in [0.15, 0.2) is 77.8 Å². The summed E-state index contributed by atoms with van der Waals surface area (Å²) in [6, 6.07) is 24.3. The Labute approximate surface area is 241 Å². The van der Waals surface area contributed by atoms with Crippen LogP contribution in [0.3, 0.4) is 0 Å². The number of nitrogens with one attached hydrogen (secondary N) is 1. The number of imidazole rings is 1. The zero-order chi connectivity index (χ0) is 29.6. The van der Waals surface area contributed by atoms with Crippen molar-refractivity contribution in [3.63, 3.8) is 0 Å². The quantitative estimate of drug-likeness (QED) is 0.269. The number of carbonyl (C=O) groups is 2. The number of hydrogen-bond donors (Lipinski definition) is 1. The summed E-state index contributed by atoms with van der Waals surface area (Å²) in [6.45, 7) is 12.4. The standard InChI is InChI=1S/C33H40N4O4/c1-7-40-31(38)34-21-27(20-25-16-12-23(2)13-17-25)37-29-11-9-8-10-28(29)36(22-26-18-14-24(3)15-19-26)30(37)35-32(39)41-33(4,5)6/h8-19,27H,7,20-22H2,1-6H3,(H,34,38). The van der Waals surface area contributed by atoms with Gasteiger partial charge in [-0.25, -0.2) is 9.59 Å². The molecule has 2 amide bonds. The van der Waals surface area contributed by atoms with E-state index in [4.69, 9.17) is 9.47 Å². The highest BCUT2D eigenvalue weighted by atomic mass is 16.6. The summed E-state index contributed by atoms with van der Waals surface area (Å²) < 4.78 is 14.9. The smallest absolute Gasteiger partial charge is 0.437 e. The molecule has 8 heteroatoms. The second kappa shape index (κ2) is 12.9. The van der Waals surface area contributed by atoms with Gasteiger partial charge in [-0.05, 0) is 71.2 Å². The van der Waals surface area contributed by atoms with Crippen molar-refractivity contribution in [3.05, 3.63) is 101 Å². The van der Waals surface area contributed by atoms with E-state index in [0.29, 0.717) is 18.6 Å². The monoisotopic (exact) mass is 556 g/mol. The molecular weight excluding hydrogens is 516 g/mol. The molecule has 0 aliphatic heterocycles. The number of amides is 2. The van der Waals surface area contributed by atoms with Gasteiger partial charge in [0.05, 0.1) is 30.2 Å². The van der Waals surface area contributed by atoms with E-state index in [1.54, 1.807) is 6.92 Å². The van der Waals surface area contributed by atoms with Gasteiger partial charge in [0.1, 0.15) is 5.60 Å². The number of hydrogen-bond acceptors (Lipinski definition) is 4. The van der Waals surface area contributed by atoms with Crippen LogP contribution in [0.5, 0.6) is 0 Å². The van der Waals surface area contributed by atoms with Gasteiger partial charge in [0, 0.05) is 6.54 Å². The second-order valence-corrected chi connectivity index (χ2v) is 11.3. The maximum atomic E-state index is 13.2. The number of fused-ring (bicyclic) bond motifs is 1. The number of rotatable bonds is 8. The SMILES string of the molecule is CCOC(=O)NCC(Cc1ccc(C)cc1)n1c(=NC(=O)OC(C)(C)C)n(Cc2ccc(C)cc2)c2ccccc21. The summed E-state index contributed by atoms with van der Waals surface area (Å²) in [5.74, 6) is 0. The van der Waals surface area contributed by atoms with E-state index >= 15 is 0 Å². The summed E-state index contributed by atoms with van der Waals surface area (Å²) in [5.41, 5.74) is 6.06. The van der Waals surface area contributed by atoms with Crippen LogP contribution in [0.2, 0.25) is 0 Å². The van der Waals surface area contributed by atoms with Crippen molar-refractivity contribution >= 4 is 23.2 Å². The van der Waals surface area contributed by atoms with E-state index in [9.17, 15) is 9.59 Å². The number of carbonyl (C=O) groups excluding carboxylic acids is 2. The van der Waals surface area contributed by atoms with E-state index in [-0.39, 0.29) is 19.2 Å². The predicted octanol–water partition coefficient (Wildman–Crippen LogP) is 6.47. The van der Waals surface area contributed by atoms with Crippen molar-refractivity contribution in [2.75, 3.05) is 13.2 Å². The molecule has 1 aromatic heterocycles. The van der Waals surface area contributed by atoms with Gasteiger partial charge in [0.15, 0.2) is 0 Å². The van der Waals surface area contributed by atoms with E-state index in [1.807, 2.05) is 54.2 Å². The molecule has 1 unspecified atom stereocenters. The number of para-hydroxylation sites is 2. The van der Waals surface area contributed by atoms with Crippen LogP contribution < -0.4 is 10.9 Å². The summed E-state index contributed by atoms with van der Waals surface area (Å²) >= 11 is 0. The van der Waals surface area contributed by atoms with Gasteiger partial charge < -0.3 is 23.9 Å². The minimum absolute atomic E-state index is 0.271. The molecule has 0 saturated carbocycles. The van der Waals surface area contributed by atoms with E-state index in [0.717, 1.165) is 27.7 Å². The summed E-state index contributed by atoms with van der Waals surface area (Å²) in [4.78, 5) is 30.1. The Morgan fingerprint density at radius 3 is 2.05 bits per heavy atom. The third-order valence-corrected chi connectivity index (χ3v) is 6.65. The highest BCUT2D eigenvalue weighted by Gasteiger charge is 2.23. The third kappa shape index (κ3) is 7.87. The van der Waals surface area contributed by atoms with Gasteiger partial charge in [0.25, 0.3) is 0 Å². The van der Waals surface area contributed by atoms with Crippen LogP contribution in [0, 0.1) is 13.8 Å². The Morgan fingerprint density at radius 2 is 1.46 bits per heavy atom. The molecule has 3 aromatic carbocycles. The Morgan fingerprint density at radius 1 is 0.878 bits per heavy atom. The molecule has 0 saturated heterocycles. The van der Waals surface area contributed by atoms with E-state index < -0.39 is 17.8 Å². The zero-order valence-electron chi connectivity index (χ0n) is 24.8. The normalized spacial score (nSPS) is 12.8. The fraction of sp³-hybridized carbons (Fsp3) is 0.364. The second-order valence-electron chi connectivity index (χ2n) is 11.3. The van der Waals surface area contributed by atoms with Crippen molar-refractivity contribution in [1.82, 2.24) is 14.5 Å². The van der Waals surface area contributed by atoms with Crippen LogP contribution in [-0.4, -0.2) is 40.1 Å². The number of alkyl carbamates (subject to hydrolysis) is 1. The van der Waals surface area contributed by atoms with E-state index in [1.165, 1.54) is 5.56 Å². The molecule has 0 bridgehead atoms. The van der Waals surface area contributed by atoms with Gasteiger partial charge in [-0.3, -0.25) is 0 Å². The highest BCUT2D eigenvalue weighted by Crippen LogP contribution is 2.22. The van der Waals surface area contributed by atoms with E-state index in [2.05, 4.69) is 72.7 Å². The summed E-state index contributed by atoms with van der Waals surface area (Å²) in [6.07, 6.45) is -0.574. The van der Waals surface area contributed by atoms with Crippen molar-refractivity contribution in [2.45, 2.75) is 66.2 Å². The summed E-state index contributed by atoms with van der Waals surface area (Å²) in [5, 5.41) is 2.91. The number of benzene rings is 3. The largest absolute Gasteiger partial charge is 0.450 e. The van der Waals surface area contributed by atoms with Crippen LogP contribution in [0.4, 0.5) is 9.59 Å². The molecule has 0 spiro atoms. The predicted molar refractivity (Wildman–Crippen MR) is 161 cm³/mol. The minimum Gasteiger partial charge on any atom is -0.450 e.